The Hall–Kier alpha value is -3.00. The van der Waals surface area contributed by atoms with Gasteiger partial charge in [-0.05, 0) is 43.4 Å². The third-order valence-electron chi connectivity index (χ3n) is 2.98. The Labute approximate surface area is 143 Å². The summed E-state index contributed by atoms with van der Waals surface area (Å²) >= 11 is 5.01. The van der Waals surface area contributed by atoms with Crippen molar-refractivity contribution in [2.24, 2.45) is 0 Å². The van der Waals surface area contributed by atoms with E-state index in [0.717, 1.165) is 5.56 Å². The number of nitro benzene ring substituents is 1. The molecule has 0 atom stereocenters. The summed E-state index contributed by atoms with van der Waals surface area (Å²) in [5.74, 6) is 0.181. The van der Waals surface area contributed by atoms with E-state index in [-0.39, 0.29) is 17.4 Å². The minimum absolute atomic E-state index is 0.0259. The van der Waals surface area contributed by atoms with Crippen molar-refractivity contribution in [3.8, 4) is 5.75 Å². The standard InChI is InChI=1S/C16H15N3O4S/c1-11-2-8-14(9-3-11)23-10-15(20)18-16(24)17-12-4-6-13(7-5-12)19(21)22/h2-9H,10H2,1H3,(H2,17,18,20,24). The summed E-state index contributed by atoms with van der Waals surface area (Å²) < 4.78 is 5.34. The summed E-state index contributed by atoms with van der Waals surface area (Å²) in [4.78, 5) is 21.9. The van der Waals surface area contributed by atoms with Crippen molar-refractivity contribution < 1.29 is 14.5 Å². The van der Waals surface area contributed by atoms with Gasteiger partial charge in [-0.25, -0.2) is 0 Å². The molecule has 2 aromatic rings. The van der Waals surface area contributed by atoms with Crippen molar-refractivity contribution in [2.45, 2.75) is 6.92 Å². The molecular weight excluding hydrogens is 330 g/mol. The van der Waals surface area contributed by atoms with Crippen LogP contribution in [0.2, 0.25) is 0 Å². The van der Waals surface area contributed by atoms with Crippen molar-refractivity contribution in [2.75, 3.05) is 11.9 Å². The Kier molecular flexibility index (Phi) is 5.80. The molecule has 0 fully saturated rings. The monoisotopic (exact) mass is 345 g/mol. The molecule has 24 heavy (non-hydrogen) atoms. The fourth-order valence-electron chi connectivity index (χ4n) is 1.77. The number of carbonyl (C=O) groups excluding carboxylic acids is 1. The lowest BCUT2D eigenvalue weighted by Crippen LogP contribution is -2.37. The number of non-ortho nitro benzene ring substituents is 1. The fraction of sp³-hybridized carbons (Fsp3) is 0.125. The first-order valence-electron chi connectivity index (χ1n) is 6.99. The summed E-state index contributed by atoms with van der Waals surface area (Å²) in [6.07, 6.45) is 0. The largest absolute Gasteiger partial charge is 0.484 e. The van der Waals surface area contributed by atoms with Gasteiger partial charge in [-0.1, -0.05) is 17.7 Å². The minimum atomic E-state index is -0.494. The van der Waals surface area contributed by atoms with Gasteiger partial charge in [0.1, 0.15) is 5.75 Å². The zero-order valence-electron chi connectivity index (χ0n) is 12.8. The van der Waals surface area contributed by atoms with Crippen LogP contribution in [-0.4, -0.2) is 22.5 Å². The molecule has 2 aromatic carbocycles. The van der Waals surface area contributed by atoms with Crippen molar-refractivity contribution in [1.82, 2.24) is 5.32 Å². The number of carbonyl (C=O) groups is 1. The molecule has 8 heteroatoms. The van der Waals surface area contributed by atoms with Crippen molar-refractivity contribution in [1.29, 1.82) is 0 Å². The van der Waals surface area contributed by atoms with E-state index in [9.17, 15) is 14.9 Å². The molecule has 0 aliphatic carbocycles. The van der Waals surface area contributed by atoms with Crippen LogP contribution in [0.3, 0.4) is 0 Å². The van der Waals surface area contributed by atoms with E-state index < -0.39 is 10.8 Å². The highest BCUT2D eigenvalue weighted by Gasteiger charge is 2.08. The number of nitrogens with one attached hydrogen (secondary N) is 2. The van der Waals surface area contributed by atoms with Crippen LogP contribution in [-0.2, 0) is 4.79 Å². The van der Waals surface area contributed by atoms with Crippen LogP contribution in [0.25, 0.3) is 0 Å². The van der Waals surface area contributed by atoms with Crippen LogP contribution in [0.15, 0.2) is 48.5 Å². The summed E-state index contributed by atoms with van der Waals surface area (Å²) in [7, 11) is 0. The van der Waals surface area contributed by atoms with Crippen molar-refractivity contribution in [3.05, 3.63) is 64.2 Å². The molecule has 0 bridgehead atoms. The molecule has 2 rings (SSSR count). The molecule has 0 aliphatic heterocycles. The second kappa shape index (κ2) is 8.02. The van der Waals surface area contributed by atoms with E-state index in [2.05, 4.69) is 10.6 Å². The molecule has 124 valence electrons. The highest BCUT2D eigenvalue weighted by Crippen LogP contribution is 2.15. The first-order valence-corrected chi connectivity index (χ1v) is 7.39. The van der Waals surface area contributed by atoms with Gasteiger partial charge in [-0.15, -0.1) is 0 Å². The number of nitro groups is 1. The summed E-state index contributed by atoms with van der Waals surface area (Å²) in [6, 6.07) is 13.0. The third kappa shape index (κ3) is 5.33. The lowest BCUT2D eigenvalue weighted by Gasteiger charge is -2.10. The van der Waals surface area contributed by atoms with Crippen LogP contribution in [0.4, 0.5) is 11.4 Å². The number of hydrogen-bond acceptors (Lipinski definition) is 5. The van der Waals surface area contributed by atoms with Crippen LogP contribution >= 0.6 is 12.2 Å². The van der Waals surface area contributed by atoms with E-state index in [0.29, 0.717) is 11.4 Å². The lowest BCUT2D eigenvalue weighted by atomic mass is 10.2. The highest BCUT2D eigenvalue weighted by molar-refractivity contribution is 7.80. The van der Waals surface area contributed by atoms with Gasteiger partial charge in [0.05, 0.1) is 4.92 Å². The van der Waals surface area contributed by atoms with Crippen molar-refractivity contribution >= 4 is 34.6 Å². The second-order valence-electron chi connectivity index (χ2n) is 4.91. The highest BCUT2D eigenvalue weighted by atomic mass is 32.1. The Balaban J connectivity index is 1.79. The SMILES string of the molecule is Cc1ccc(OCC(=O)NC(=S)Nc2ccc([N+](=O)[O-])cc2)cc1. The zero-order chi connectivity index (χ0) is 17.5. The van der Waals surface area contributed by atoms with E-state index in [1.54, 1.807) is 12.1 Å². The van der Waals surface area contributed by atoms with E-state index in [1.165, 1.54) is 24.3 Å². The summed E-state index contributed by atoms with van der Waals surface area (Å²) in [5.41, 5.74) is 1.60. The smallest absolute Gasteiger partial charge is 0.269 e. The normalized spacial score (nSPS) is 9.88. The lowest BCUT2D eigenvalue weighted by molar-refractivity contribution is -0.384. The molecule has 0 unspecified atom stereocenters. The maximum Gasteiger partial charge on any atom is 0.269 e. The maximum atomic E-state index is 11.8. The Bertz CT molecular complexity index is 745. The number of ether oxygens (including phenoxy) is 1. The first kappa shape index (κ1) is 17.4. The zero-order valence-corrected chi connectivity index (χ0v) is 13.6. The molecule has 0 radical (unpaired) electrons. The van der Waals surface area contributed by atoms with Gasteiger partial charge in [-0.3, -0.25) is 20.2 Å². The van der Waals surface area contributed by atoms with Gasteiger partial charge in [0.25, 0.3) is 11.6 Å². The molecule has 0 aliphatic rings. The van der Waals surface area contributed by atoms with Gasteiger partial charge in [0.2, 0.25) is 0 Å². The number of benzene rings is 2. The van der Waals surface area contributed by atoms with Gasteiger partial charge < -0.3 is 10.1 Å². The van der Waals surface area contributed by atoms with Gasteiger partial charge >= 0.3 is 0 Å². The van der Waals surface area contributed by atoms with E-state index in [4.69, 9.17) is 17.0 Å². The van der Waals surface area contributed by atoms with E-state index in [1.807, 2.05) is 19.1 Å². The fourth-order valence-corrected chi connectivity index (χ4v) is 2.01. The van der Waals surface area contributed by atoms with Crippen LogP contribution in [0, 0.1) is 17.0 Å². The molecule has 2 N–H and O–H groups in total. The summed E-state index contributed by atoms with van der Waals surface area (Å²) in [6.45, 7) is 1.78. The number of amides is 1. The number of aryl methyl sites for hydroxylation is 1. The van der Waals surface area contributed by atoms with Gasteiger partial charge in [0, 0.05) is 17.8 Å². The first-order chi connectivity index (χ1) is 11.4. The maximum absolute atomic E-state index is 11.8. The molecular formula is C16H15N3O4S. The van der Waals surface area contributed by atoms with Crippen LogP contribution < -0.4 is 15.4 Å². The minimum Gasteiger partial charge on any atom is -0.484 e. The molecule has 0 saturated heterocycles. The molecule has 0 aromatic heterocycles. The number of hydrogen-bond donors (Lipinski definition) is 2. The number of anilines is 1. The number of thiocarbonyl (C=S) groups is 1. The van der Waals surface area contributed by atoms with Crippen molar-refractivity contribution in [3.63, 3.8) is 0 Å². The second-order valence-corrected chi connectivity index (χ2v) is 5.32. The third-order valence-corrected chi connectivity index (χ3v) is 3.18. The number of nitrogens with zero attached hydrogens (tertiary/aromatic N) is 1. The van der Waals surface area contributed by atoms with Gasteiger partial charge in [-0.2, -0.15) is 0 Å². The molecule has 7 nitrogen and oxygen atoms in total. The average molecular weight is 345 g/mol. The van der Waals surface area contributed by atoms with Crippen LogP contribution in [0.5, 0.6) is 5.75 Å². The van der Waals surface area contributed by atoms with Crippen LogP contribution in [0.1, 0.15) is 5.56 Å². The summed E-state index contributed by atoms with van der Waals surface area (Å²) in [5, 5.41) is 15.9. The quantitative estimate of drug-likeness (QED) is 0.492. The average Bonchev–Trinajstić information content (AvgIpc) is 2.54. The predicted molar refractivity (Wildman–Crippen MR) is 94.1 cm³/mol. The molecule has 0 heterocycles. The molecule has 1 amide bonds. The predicted octanol–water partition coefficient (Wildman–Crippen LogP) is 2.80. The van der Waals surface area contributed by atoms with Gasteiger partial charge in [0.15, 0.2) is 11.7 Å². The topological polar surface area (TPSA) is 93.5 Å². The molecule has 0 saturated carbocycles. The van der Waals surface area contributed by atoms with E-state index >= 15 is 0 Å². The Morgan fingerprint density at radius 3 is 2.38 bits per heavy atom. The molecule has 0 spiro atoms. The Morgan fingerprint density at radius 1 is 1.17 bits per heavy atom. The number of rotatable bonds is 5. The Morgan fingerprint density at radius 2 is 1.79 bits per heavy atom.